The van der Waals surface area contributed by atoms with E-state index in [1.807, 2.05) is 24.3 Å². The van der Waals surface area contributed by atoms with Crippen molar-refractivity contribution in [2.75, 3.05) is 26.1 Å². The van der Waals surface area contributed by atoms with Gasteiger partial charge in [0.25, 0.3) is 0 Å². The number of nitrogens with one attached hydrogen (secondary N) is 1. The second kappa shape index (κ2) is 6.44. The van der Waals surface area contributed by atoms with Crippen molar-refractivity contribution < 1.29 is 18.7 Å². The fourth-order valence-corrected chi connectivity index (χ4v) is 2.33. The van der Waals surface area contributed by atoms with Gasteiger partial charge < -0.3 is 19.2 Å². The highest BCUT2D eigenvalue weighted by Gasteiger charge is 2.13. The molecule has 23 heavy (non-hydrogen) atoms. The number of hydrogen-bond donors (Lipinski definition) is 1. The number of ether oxygens (including phenoxy) is 2. The Labute approximate surface area is 133 Å². The predicted molar refractivity (Wildman–Crippen MR) is 88.6 cm³/mol. The van der Waals surface area contributed by atoms with Crippen molar-refractivity contribution in [3.8, 4) is 11.5 Å². The first-order valence-corrected chi connectivity index (χ1v) is 7.19. The van der Waals surface area contributed by atoms with Crippen LogP contribution in [0.25, 0.3) is 11.0 Å². The van der Waals surface area contributed by atoms with E-state index in [0.717, 1.165) is 5.39 Å². The van der Waals surface area contributed by atoms with E-state index in [1.165, 1.54) is 0 Å². The van der Waals surface area contributed by atoms with Crippen molar-refractivity contribution in [1.82, 2.24) is 0 Å². The molecule has 0 unspecified atom stereocenters. The van der Waals surface area contributed by atoms with Crippen molar-refractivity contribution in [2.45, 2.75) is 0 Å². The fraction of sp³-hybridized carbons (Fsp3) is 0.167. The van der Waals surface area contributed by atoms with E-state index < -0.39 is 0 Å². The van der Waals surface area contributed by atoms with Crippen LogP contribution < -0.4 is 14.8 Å². The summed E-state index contributed by atoms with van der Waals surface area (Å²) >= 11 is 0. The maximum atomic E-state index is 12.3. The fourth-order valence-electron chi connectivity index (χ4n) is 2.33. The van der Waals surface area contributed by atoms with Crippen molar-refractivity contribution in [1.29, 1.82) is 0 Å². The highest BCUT2D eigenvalue weighted by Crippen LogP contribution is 2.29. The Morgan fingerprint density at radius 2 is 1.91 bits per heavy atom. The van der Waals surface area contributed by atoms with E-state index in [4.69, 9.17) is 13.9 Å². The Kier molecular flexibility index (Phi) is 4.19. The van der Waals surface area contributed by atoms with Crippen LogP contribution in [0.3, 0.4) is 0 Å². The van der Waals surface area contributed by atoms with Gasteiger partial charge in [0.2, 0.25) is 5.78 Å². The molecule has 2 aromatic carbocycles. The Morgan fingerprint density at radius 1 is 1.09 bits per heavy atom. The quantitative estimate of drug-likeness (QED) is 0.703. The van der Waals surface area contributed by atoms with Crippen molar-refractivity contribution in [3.05, 3.63) is 54.3 Å². The molecule has 5 heteroatoms. The third kappa shape index (κ3) is 3.13. The smallest absolute Gasteiger partial charge is 0.216 e. The molecule has 0 saturated heterocycles. The number of methoxy groups -OCH3 is 2. The van der Waals surface area contributed by atoms with Crippen molar-refractivity contribution in [2.24, 2.45) is 0 Å². The lowest BCUT2D eigenvalue weighted by Gasteiger charge is -2.11. The van der Waals surface area contributed by atoms with E-state index in [9.17, 15) is 4.79 Å². The van der Waals surface area contributed by atoms with Gasteiger partial charge >= 0.3 is 0 Å². The highest BCUT2D eigenvalue weighted by molar-refractivity contribution is 6.00. The van der Waals surface area contributed by atoms with Crippen molar-refractivity contribution >= 4 is 22.4 Å². The van der Waals surface area contributed by atoms with Gasteiger partial charge in [-0.2, -0.15) is 0 Å². The first-order chi connectivity index (χ1) is 11.2. The van der Waals surface area contributed by atoms with E-state index in [1.54, 1.807) is 38.5 Å². The molecule has 0 saturated carbocycles. The molecule has 1 heterocycles. The molecule has 0 bridgehead atoms. The molecule has 5 nitrogen and oxygen atoms in total. The maximum absolute atomic E-state index is 12.3. The third-order valence-corrected chi connectivity index (χ3v) is 3.55. The van der Waals surface area contributed by atoms with Crippen LogP contribution in [-0.2, 0) is 0 Å². The van der Waals surface area contributed by atoms with Crippen LogP contribution >= 0.6 is 0 Å². The number of Topliss-reactive ketones (excluding diaryl/α,β-unsaturated/α-hetero) is 1. The van der Waals surface area contributed by atoms with E-state index in [0.29, 0.717) is 28.5 Å². The van der Waals surface area contributed by atoms with Crippen LogP contribution in [0, 0.1) is 0 Å². The number of benzene rings is 2. The molecule has 3 rings (SSSR count). The van der Waals surface area contributed by atoms with Gasteiger partial charge in [-0.15, -0.1) is 0 Å². The van der Waals surface area contributed by atoms with Crippen LogP contribution in [0.2, 0.25) is 0 Å². The zero-order valence-electron chi connectivity index (χ0n) is 13.0. The van der Waals surface area contributed by atoms with Gasteiger partial charge in [0, 0.05) is 11.5 Å². The number of hydrogen-bond acceptors (Lipinski definition) is 5. The summed E-state index contributed by atoms with van der Waals surface area (Å²) in [5.74, 6) is 1.53. The minimum Gasteiger partial charge on any atom is -0.497 e. The van der Waals surface area contributed by atoms with Gasteiger partial charge in [0.1, 0.15) is 17.1 Å². The molecule has 0 fully saturated rings. The summed E-state index contributed by atoms with van der Waals surface area (Å²) in [6.07, 6.45) is 0. The van der Waals surface area contributed by atoms with Gasteiger partial charge in [0.05, 0.1) is 26.5 Å². The number of carbonyl (C=O) groups excluding carboxylic acids is 1. The zero-order chi connectivity index (χ0) is 16.2. The molecule has 0 atom stereocenters. The molecule has 0 aliphatic rings. The molecular formula is C18H17NO4. The molecule has 1 aromatic heterocycles. The number of carbonyl (C=O) groups is 1. The average Bonchev–Trinajstić information content (AvgIpc) is 3.03. The lowest BCUT2D eigenvalue weighted by Crippen LogP contribution is -2.13. The van der Waals surface area contributed by atoms with Crippen LogP contribution in [-0.4, -0.2) is 26.5 Å². The predicted octanol–water partition coefficient (Wildman–Crippen LogP) is 3.74. The number of ketones is 1. The Bertz CT molecular complexity index is 805. The van der Waals surface area contributed by atoms with E-state index in [-0.39, 0.29) is 12.3 Å². The van der Waals surface area contributed by atoms with Crippen LogP contribution in [0.1, 0.15) is 10.6 Å². The average molecular weight is 311 g/mol. The Balaban J connectivity index is 1.76. The normalized spacial score (nSPS) is 10.5. The summed E-state index contributed by atoms with van der Waals surface area (Å²) in [4.78, 5) is 12.3. The minimum atomic E-state index is -0.133. The summed E-state index contributed by atoms with van der Waals surface area (Å²) in [5, 5.41) is 3.98. The Hall–Kier alpha value is -2.95. The van der Waals surface area contributed by atoms with Crippen LogP contribution in [0.5, 0.6) is 11.5 Å². The molecule has 1 N–H and O–H groups in total. The Morgan fingerprint density at radius 3 is 2.65 bits per heavy atom. The molecular weight excluding hydrogens is 294 g/mol. The number of fused-ring (bicyclic) bond motifs is 1. The summed E-state index contributed by atoms with van der Waals surface area (Å²) in [5.41, 5.74) is 1.39. The number of furan rings is 1. The number of rotatable bonds is 6. The second-order valence-electron chi connectivity index (χ2n) is 4.99. The molecule has 0 amide bonds. The first kappa shape index (κ1) is 15.0. The highest BCUT2D eigenvalue weighted by atomic mass is 16.5. The maximum Gasteiger partial charge on any atom is 0.216 e. The SMILES string of the molecule is COc1ccc(OC)c(NCC(=O)c2cc3ccccc3o2)c1. The van der Waals surface area contributed by atoms with Gasteiger partial charge in [0.15, 0.2) is 5.76 Å². The topological polar surface area (TPSA) is 60.7 Å². The lowest BCUT2D eigenvalue weighted by atomic mass is 10.2. The standard InChI is InChI=1S/C18H17NO4/c1-21-13-7-8-17(22-2)14(10-13)19-11-15(20)18-9-12-5-3-4-6-16(12)23-18/h3-10,19H,11H2,1-2H3. The van der Waals surface area contributed by atoms with Gasteiger partial charge in [-0.25, -0.2) is 0 Å². The van der Waals surface area contributed by atoms with Gasteiger partial charge in [-0.3, -0.25) is 4.79 Å². The molecule has 0 aliphatic heterocycles. The zero-order valence-corrected chi connectivity index (χ0v) is 13.0. The molecule has 0 aliphatic carbocycles. The second-order valence-corrected chi connectivity index (χ2v) is 4.99. The largest absolute Gasteiger partial charge is 0.497 e. The van der Waals surface area contributed by atoms with Gasteiger partial charge in [-0.05, 0) is 24.3 Å². The molecule has 118 valence electrons. The number of para-hydroxylation sites is 1. The number of anilines is 1. The van der Waals surface area contributed by atoms with E-state index in [2.05, 4.69) is 5.32 Å². The first-order valence-electron chi connectivity index (χ1n) is 7.19. The van der Waals surface area contributed by atoms with Crippen LogP contribution in [0.15, 0.2) is 52.9 Å². The molecule has 3 aromatic rings. The minimum absolute atomic E-state index is 0.101. The summed E-state index contributed by atoms with van der Waals surface area (Å²) in [6.45, 7) is 0.101. The van der Waals surface area contributed by atoms with Gasteiger partial charge in [-0.1, -0.05) is 18.2 Å². The van der Waals surface area contributed by atoms with E-state index >= 15 is 0 Å². The lowest BCUT2D eigenvalue weighted by molar-refractivity contribution is 0.0982. The third-order valence-electron chi connectivity index (χ3n) is 3.55. The monoisotopic (exact) mass is 311 g/mol. The van der Waals surface area contributed by atoms with Crippen LogP contribution in [0.4, 0.5) is 5.69 Å². The molecule has 0 radical (unpaired) electrons. The summed E-state index contributed by atoms with van der Waals surface area (Å²) in [7, 11) is 3.17. The van der Waals surface area contributed by atoms with Crippen molar-refractivity contribution in [3.63, 3.8) is 0 Å². The summed E-state index contributed by atoms with van der Waals surface area (Å²) in [6, 6.07) is 14.6. The summed E-state index contributed by atoms with van der Waals surface area (Å²) < 4.78 is 16.0. The molecule has 0 spiro atoms.